The van der Waals surface area contributed by atoms with Gasteiger partial charge in [0, 0.05) is 17.2 Å². The topological polar surface area (TPSA) is 25.8 Å². The first kappa shape index (κ1) is 10.5. The molecule has 15 heavy (non-hydrogen) atoms. The maximum absolute atomic E-state index is 13.8. The number of thiazole rings is 1. The average molecular weight is 224 g/mol. The van der Waals surface area contributed by atoms with Gasteiger partial charge in [-0.05, 0) is 13.8 Å². The van der Waals surface area contributed by atoms with Gasteiger partial charge in [0.1, 0.15) is 10.3 Å². The van der Waals surface area contributed by atoms with E-state index in [2.05, 4.69) is 23.8 Å². The van der Waals surface area contributed by atoms with Crippen molar-refractivity contribution in [3.8, 4) is 0 Å². The number of halogens is 1. The van der Waals surface area contributed by atoms with Crippen LogP contribution in [0.25, 0.3) is 10.3 Å². The zero-order valence-corrected chi connectivity index (χ0v) is 10.1. The number of pyridine rings is 1. The molecule has 0 saturated heterocycles. The third-order valence-corrected chi connectivity index (χ3v) is 3.72. The predicted octanol–water partition coefficient (Wildman–Crippen LogP) is 3.57. The molecule has 0 fully saturated rings. The standard InChI is InChI=1S/C11H13FN2S/c1-5(2)10-14-9-8(12)6(3)7(4)13-11(9)15-10/h5H,1-4H3. The summed E-state index contributed by atoms with van der Waals surface area (Å²) in [6, 6.07) is 0. The van der Waals surface area contributed by atoms with E-state index in [1.165, 1.54) is 11.3 Å². The van der Waals surface area contributed by atoms with Gasteiger partial charge in [-0.15, -0.1) is 0 Å². The predicted molar refractivity (Wildman–Crippen MR) is 60.9 cm³/mol. The van der Waals surface area contributed by atoms with Crippen LogP contribution in [0.2, 0.25) is 0 Å². The van der Waals surface area contributed by atoms with Crippen molar-refractivity contribution in [2.45, 2.75) is 33.6 Å². The van der Waals surface area contributed by atoms with Crippen molar-refractivity contribution in [3.05, 3.63) is 22.1 Å². The minimum atomic E-state index is -0.222. The summed E-state index contributed by atoms with van der Waals surface area (Å²) in [5, 5.41) is 0.946. The van der Waals surface area contributed by atoms with Gasteiger partial charge in [0.2, 0.25) is 0 Å². The first-order valence-electron chi connectivity index (χ1n) is 4.94. The van der Waals surface area contributed by atoms with Crippen LogP contribution < -0.4 is 0 Å². The first-order valence-corrected chi connectivity index (χ1v) is 5.75. The van der Waals surface area contributed by atoms with E-state index in [1.807, 2.05) is 6.92 Å². The number of aryl methyl sites for hydroxylation is 1. The lowest BCUT2D eigenvalue weighted by Gasteiger charge is -1.99. The summed E-state index contributed by atoms with van der Waals surface area (Å²) in [5.41, 5.74) is 1.77. The zero-order chi connectivity index (χ0) is 11.2. The van der Waals surface area contributed by atoms with Gasteiger partial charge in [-0.1, -0.05) is 25.2 Å². The Bertz CT molecular complexity index is 517. The van der Waals surface area contributed by atoms with Gasteiger partial charge in [0.05, 0.1) is 5.01 Å². The Morgan fingerprint density at radius 2 is 1.87 bits per heavy atom. The first-order chi connectivity index (χ1) is 7.00. The minimum Gasteiger partial charge on any atom is -0.240 e. The Kier molecular flexibility index (Phi) is 2.46. The normalized spacial score (nSPS) is 11.6. The van der Waals surface area contributed by atoms with Crippen molar-refractivity contribution < 1.29 is 4.39 Å². The van der Waals surface area contributed by atoms with Gasteiger partial charge < -0.3 is 0 Å². The fraction of sp³-hybridized carbons (Fsp3) is 0.455. The smallest absolute Gasteiger partial charge is 0.156 e. The molecule has 2 aromatic heterocycles. The molecule has 4 heteroatoms. The van der Waals surface area contributed by atoms with Crippen LogP contribution in [0.1, 0.15) is 36.0 Å². The second-order valence-electron chi connectivity index (χ2n) is 4.00. The molecule has 0 aliphatic rings. The SMILES string of the molecule is Cc1nc2sc(C(C)C)nc2c(F)c1C. The van der Waals surface area contributed by atoms with Gasteiger partial charge >= 0.3 is 0 Å². The molecule has 0 bridgehead atoms. The zero-order valence-electron chi connectivity index (χ0n) is 9.26. The van der Waals surface area contributed by atoms with Gasteiger partial charge in [-0.25, -0.2) is 14.4 Å². The maximum atomic E-state index is 13.8. The fourth-order valence-electron chi connectivity index (χ4n) is 1.37. The highest BCUT2D eigenvalue weighted by Crippen LogP contribution is 2.29. The molecule has 2 rings (SSSR count). The molecular weight excluding hydrogens is 211 g/mol. The van der Waals surface area contributed by atoms with Crippen molar-refractivity contribution in [1.29, 1.82) is 0 Å². The summed E-state index contributed by atoms with van der Waals surface area (Å²) < 4.78 is 13.8. The Morgan fingerprint density at radius 1 is 1.20 bits per heavy atom. The van der Waals surface area contributed by atoms with E-state index in [0.717, 1.165) is 10.7 Å². The van der Waals surface area contributed by atoms with E-state index in [0.29, 0.717) is 21.8 Å². The monoisotopic (exact) mass is 224 g/mol. The maximum Gasteiger partial charge on any atom is 0.156 e. The molecule has 0 aliphatic carbocycles. The van der Waals surface area contributed by atoms with Gasteiger partial charge in [0.15, 0.2) is 5.82 Å². The van der Waals surface area contributed by atoms with Crippen LogP contribution in [0.4, 0.5) is 4.39 Å². The van der Waals surface area contributed by atoms with E-state index >= 15 is 0 Å². The fourth-order valence-corrected chi connectivity index (χ4v) is 2.35. The van der Waals surface area contributed by atoms with E-state index in [-0.39, 0.29) is 5.82 Å². The molecule has 0 spiro atoms. The molecule has 80 valence electrons. The largest absolute Gasteiger partial charge is 0.240 e. The van der Waals surface area contributed by atoms with Crippen molar-refractivity contribution in [3.63, 3.8) is 0 Å². The number of hydrogen-bond donors (Lipinski definition) is 0. The number of nitrogens with zero attached hydrogens (tertiary/aromatic N) is 2. The summed E-state index contributed by atoms with van der Waals surface area (Å²) in [6.07, 6.45) is 0. The molecule has 2 heterocycles. The van der Waals surface area contributed by atoms with Crippen molar-refractivity contribution in [2.75, 3.05) is 0 Å². The Hall–Kier alpha value is -1.03. The molecule has 0 amide bonds. The Balaban J connectivity index is 2.76. The summed E-state index contributed by atoms with van der Waals surface area (Å²) in [6.45, 7) is 7.67. The summed E-state index contributed by atoms with van der Waals surface area (Å²) >= 11 is 1.48. The average Bonchev–Trinajstić information content (AvgIpc) is 2.58. The minimum absolute atomic E-state index is 0.222. The number of fused-ring (bicyclic) bond motifs is 1. The van der Waals surface area contributed by atoms with Gasteiger partial charge in [0.25, 0.3) is 0 Å². The second-order valence-corrected chi connectivity index (χ2v) is 5.01. The van der Waals surface area contributed by atoms with Crippen LogP contribution in [-0.2, 0) is 0 Å². The quantitative estimate of drug-likeness (QED) is 0.740. The second kappa shape index (κ2) is 3.52. The van der Waals surface area contributed by atoms with Crippen LogP contribution in [0, 0.1) is 19.7 Å². The van der Waals surface area contributed by atoms with Crippen LogP contribution in [0.15, 0.2) is 0 Å². The molecule has 2 aromatic rings. The summed E-state index contributed by atoms with van der Waals surface area (Å²) in [7, 11) is 0. The van der Waals surface area contributed by atoms with Crippen molar-refractivity contribution in [2.24, 2.45) is 0 Å². The highest BCUT2D eigenvalue weighted by atomic mass is 32.1. The van der Waals surface area contributed by atoms with E-state index in [4.69, 9.17) is 0 Å². The molecule has 0 unspecified atom stereocenters. The third-order valence-electron chi connectivity index (χ3n) is 2.47. The summed E-state index contributed by atoms with van der Waals surface area (Å²) in [4.78, 5) is 9.36. The number of rotatable bonds is 1. The van der Waals surface area contributed by atoms with Crippen LogP contribution in [0.5, 0.6) is 0 Å². The van der Waals surface area contributed by atoms with Gasteiger partial charge in [-0.2, -0.15) is 0 Å². The highest BCUT2D eigenvalue weighted by Gasteiger charge is 2.15. The molecule has 0 atom stereocenters. The molecule has 0 aromatic carbocycles. The molecular formula is C11H13FN2S. The van der Waals surface area contributed by atoms with E-state index in [9.17, 15) is 4.39 Å². The lowest BCUT2D eigenvalue weighted by molar-refractivity contribution is 0.624. The van der Waals surface area contributed by atoms with Crippen molar-refractivity contribution in [1.82, 2.24) is 9.97 Å². The molecule has 0 aliphatic heterocycles. The molecule has 0 radical (unpaired) electrons. The third kappa shape index (κ3) is 1.63. The number of hydrogen-bond acceptors (Lipinski definition) is 3. The molecule has 0 N–H and O–H groups in total. The van der Waals surface area contributed by atoms with Crippen LogP contribution in [-0.4, -0.2) is 9.97 Å². The highest BCUT2D eigenvalue weighted by molar-refractivity contribution is 7.18. The Morgan fingerprint density at radius 3 is 2.47 bits per heavy atom. The van der Waals surface area contributed by atoms with Crippen LogP contribution in [0.3, 0.4) is 0 Å². The van der Waals surface area contributed by atoms with Gasteiger partial charge in [-0.3, -0.25) is 0 Å². The van der Waals surface area contributed by atoms with Crippen LogP contribution >= 0.6 is 11.3 Å². The van der Waals surface area contributed by atoms with Crippen molar-refractivity contribution >= 4 is 21.7 Å². The van der Waals surface area contributed by atoms with E-state index < -0.39 is 0 Å². The summed E-state index contributed by atoms with van der Waals surface area (Å²) in [5.74, 6) is 0.102. The lowest BCUT2D eigenvalue weighted by atomic mass is 10.2. The number of aromatic nitrogens is 2. The Labute approximate surface area is 92.2 Å². The molecule has 2 nitrogen and oxygen atoms in total. The molecule has 0 saturated carbocycles. The lowest BCUT2D eigenvalue weighted by Crippen LogP contribution is -1.93. The van der Waals surface area contributed by atoms with E-state index in [1.54, 1.807) is 6.92 Å².